The molecule has 0 fully saturated rings. The molecular formula is C29H27N2OSi+. The van der Waals surface area contributed by atoms with E-state index >= 15 is 0 Å². The van der Waals surface area contributed by atoms with Gasteiger partial charge in [0.1, 0.15) is 18.2 Å². The fourth-order valence-electron chi connectivity index (χ4n) is 4.62. The van der Waals surface area contributed by atoms with Gasteiger partial charge in [0.05, 0.1) is 25.3 Å². The highest BCUT2D eigenvalue weighted by atomic mass is 28.3. The summed E-state index contributed by atoms with van der Waals surface area (Å²) < 4.78 is 8.76. The summed E-state index contributed by atoms with van der Waals surface area (Å²) in [6.45, 7) is 9.15. The Labute approximate surface area is 195 Å². The molecule has 2 aromatic heterocycles. The van der Waals surface area contributed by atoms with E-state index in [2.05, 4.69) is 99.0 Å². The largest absolute Gasteiger partial charge is 0.454 e. The summed E-state index contributed by atoms with van der Waals surface area (Å²) >= 11 is 0. The van der Waals surface area contributed by atoms with E-state index in [-0.39, 0.29) is 0 Å². The van der Waals surface area contributed by atoms with Crippen molar-refractivity contribution in [2.24, 2.45) is 7.05 Å². The summed E-state index contributed by atoms with van der Waals surface area (Å²) in [5, 5.41) is 13.4. The molecule has 0 saturated heterocycles. The van der Waals surface area contributed by atoms with Crippen molar-refractivity contribution in [3.63, 3.8) is 0 Å². The van der Waals surface area contributed by atoms with Crippen molar-refractivity contribution in [1.29, 1.82) is 5.26 Å². The zero-order valence-electron chi connectivity index (χ0n) is 19.7. The topological polar surface area (TPSA) is 40.8 Å². The number of nitriles is 1. The molecule has 3 nitrogen and oxygen atoms in total. The number of aromatic nitrogens is 1. The Morgan fingerprint density at radius 1 is 0.818 bits per heavy atom. The predicted octanol–water partition coefficient (Wildman–Crippen LogP) is 6.47. The number of rotatable bonds is 3. The van der Waals surface area contributed by atoms with Gasteiger partial charge in [0.15, 0.2) is 6.20 Å². The van der Waals surface area contributed by atoms with Crippen LogP contribution < -0.4 is 9.75 Å². The highest BCUT2D eigenvalue weighted by molar-refractivity contribution is 6.88. The Kier molecular flexibility index (Phi) is 4.95. The minimum atomic E-state index is -1.41. The summed E-state index contributed by atoms with van der Waals surface area (Å²) in [5.74, 6) is 0. The number of furan rings is 1. The standard InChI is InChI=1S/C29H27N2OSi/c1-19-9-15-23-24-16-12-21(18-30)27(20-10-13-22(14-11-20)33(3,4)5)29(24)32-28(23)26(19)25-8-6-7-17-31(25)2/h6-17H,1-5H3/q+1. The molecule has 0 N–H and O–H groups in total. The lowest BCUT2D eigenvalue weighted by atomic mass is 9.96. The highest BCUT2D eigenvalue weighted by Gasteiger charge is 2.23. The Morgan fingerprint density at radius 2 is 1.48 bits per heavy atom. The first-order valence-electron chi connectivity index (χ1n) is 11.2. The summed E-state index contributed by atoms with van der Waals surface area (Å²) in [6.07, 6.45) is 2.05. The Balaban J connectivity index is 1.84. The van der Waals surface area contributed by atoms with Gasteiger partial charge in [-0.2, -0.15) is 5.26 Å². The smallest absolute Gasteiger partial charge is 0.216 e. The van der Waals surface area contributed by atoms with E-state index in [1.807, 2.05) is 18.2 Å². The van der Waals surface area contributed by atoms with Crippen LogP contribution in [0.4, 0.5) is 0 Å². The average Bonchev–Trinajstić information content (AvgIpc) is 3.17. The number of fused-ring (bicyclic) bond motifs is 3. The van der Waals surface area contributed by atoms with Crippen molar-refractivity contribution in [3.8, 4) is 28.5 Å². The van der Waals surface area contributed by atoms with Crippen molar-refractivity contribution in [1.82, 2.24) is 0 Å². The van der Waals surface area contributed by atoms with Gasteiger partial charge in [-0.15, -0.1) is 0 Å². The van der Waals surface area contributed by atoms with E-state index in [0.29, 0.717) is 5.56 Å². The molecule has 0 aliphatic heterocycles. The molecule has 0 aliphatic rings. The summed E-state index contributed by atoms with van der Waals surface area (Å²) in [5.41, 5.74) is 7.50. The second-order valence-corrected chi connectivity index (χ2v) is 14.8. The van der Waals surface area contributed by atoms with Gasteiger partial charge < -0.3 is 4.42 Å². The normalized spacial score (nSPS) is 11.8. The van der Waals surface area contributed by atoms with Crippen molar-refractivity contribution in [2.45, 2.75) is 26.6 Å². The zero-order chi connectivity index (χ0) is 23.3. The molecule has 3 aromatic carbocycles. The SMILES string of the molecule is Cc1ccc2c(oc3c(-c4ccc([Si](C)(C)C)cc4)c(C#N)ccc32)c1-c1cccc[n+]1C. The molecule has 0 atom stereocenters. The predicted molar refractivity (Wildman–Crippen MR) is 138 cm³/mol. The maximum Gasteiger partial charge on any atom is 0.216 e. The van der Waals surface area contributed by atoms with Crippen LogP contribution in [0.2, 0.25) is 19.6 Å². The average molecular weight is 448 g/mol. The number of hydrogen-bond donors (Lipinski definition) is 0. The van der Waals surface area contributed by atoms with Crippen molar-refractivity contribution >= 4 is 35.2 Å². The molecule has 2 heterocycles. The van der Waals surface area contributed by atoms with Gasteiger partial charge in [-0.1, -0.05) is 61.2 Å². The van der Waals surface area contributed by atoms with E-state index in [1.165, 1.54) is 5.19 Å². The quantitative estimate of drug-likeness (QED) is 0.235. The fourth-order valence-corrected chi connectivity index (χ4v) is 5.79. The van der Waals surface area contributed by atoms with Gasteiger partial charge >= 0.3 is 0 Å². The van der Waals surface area contributed by atoms with Gasteiger partial charge in [-0.25, -0.2) is 4.57 Å². The number of nitrogens with zero attached hydrogens (tertiary/aromatic N) is 2. The van der Waals surface area contributed by atoms with E-state index < -0.39 is 8.07 Å². The maximum absolute atomic E-state index is 9.92. The Bertz CT molecular complexity index is 1560. The third-order valence-electron chi connectivity index (χ3n) is 6.49. The van der Waals surface area contributed by atoms with Crippen LogP contribution in [0.5, 0.6) is 0 Å². The highest BCUT2D eigenvalue weighted by Crippen LogP contribution is 2.41. The molecular weight excluding hydrogens is 420 g/mol. The maximum atomic E-state index is 9.92. The molecule has 0 saturated carbocycles. The van der Waals surface area contributed by atoms with Crippen LogP contribution in [0.3, 0.4) is 0 Å². The van der Waals surface area contributed by atoms with Crippen LogP contribution in [0.25, 0.3) is 44.3 Å². The number of pyridine rings is 1. The minimum Gasteiger partial charge on any atom is -0.454 e. The van der Waals surface area contributed by atoms with Crippen LogP contribution >= 0.6 is 0 Å². The van der Waals surface area contributed by atoms with Crippen molar-refractivity contribution in [3.05, 3.63) is 84.1 Å². The minimum absolute atomic E-state index is 0.630. The molecule has 0 amide bonds. The molecule has 0 radical (unpaired) electrons. The van der Waals surface area contributed by atoms with Crippen LogP contribution in [0.15, 0.2) is 77.3 Å². The van der Waals surface area contributed by atoms with Gasteiger partial charge in [0.2, 0.25) is 5.69 Å². The molecule has 5 rings (SSSR count). The van der Waals surface area contributed by atoms with Gasteiger partial charge in [-0.05, 0) is 36.2 Å². The summed E-state index contributed by atoms with van der Waals surface area (Å²) in [6, 6.07) is 25.5. The van der Waals surface area contributed by atoms with Crippen LogP contribution in [-0.2, 0) is 7.05 Å². The number of benzene rings is 3. The molecule has 33 heavy (non-hydrogen) atoms. The molecule has 0 bridgehead atoms. The summed E-state index contributed by atoms with van der Waals surface area (Å²) in [4.78, 5) is 0. The van der Waals surface area contributed by atoms with E-state index in [0.717, 1.165) is 49.9 Å². The van der Waals surface area contributed by atoms with Crippen molar-refractivity contribution in [2.75, 3.05) is 0 Å². The molecule has 4 heteroatoms. The second-order valence-electron chi connectivity index (χ2n) is 9.74. The van der Waals surface area contributed by atoms with E-state index in [1.54, 1.807) is 0 Å². The first kappa shape index (κ1) is 21.2. The third-order valence-corrected chi connectivity index (χ3v) is 8.55. The molecule has 0 aliphatic carbocycles. The first-order valence-corrected chi connectivity index (χ1v) is 14.7. The third kappa shape index (κ3) is 3.46. The van der Waals surface area contributed by atoms with Crippen molar-refractivity contribution < 1.29 is 8.98 Å². The molecule has 162 valence electrons. The lowest BCUT2D eigenvalue weighted by Crippen LogP contribution is -2.37. The summed E-state index contributed by atoms with van der Waals surface area (Å²) in [7, 11) is 0.645. The van der Waals surface area contributed by atoms with Gasteiger partial charge in [0.25, 0.3) is 0 Å². The Morgan fingerprint density at radius 3 is 2.12 bits per heavy atom. The molecule has 0 spiro atoms. The van der Waals surface area contributed by atoms with Crippen LogP contribution in [0.1, 0.15) is 11.1 Å². The van der Waals surface area contributed by atoms with Gasteiger partial charge in [0, 0.05) is 28.5 Å². The molecule has 0 unspecified atom stereocenters. The lowest BCUT2D eigenvalue weighted by Gasteiger charge is -2.17. The van der Waals surface area contributed by atoms with Gasteiger partial charge in [-0.3, -0.25) is 0 Å². The number of hydrogen-bond acceptors (Lipinski definition) is 2. The van der Waals surface area contributed by atoms with Crippen LogP contribution in [-0.4, -0.2) is 8.07 Å². The van der Waals surface area contributed by atoms with E-state index in [9.17, 15) is 5.26 Å². The Hall–Kier alpha value is -3.68. The zero-order valence-corrected chi connectivity index (χ0v) is 20.7. The fraction of sp³-hybridized carbons (Fsp3) is 0.172. The monoisotopic (exact) mass is 447 g/mol. The lowest BCUT2D eigenvalue weighted by molar-refractivity contribution is -0.660. The number of aryl methyl sites for hydroxylation is 2. The second kappa shape index (κ2) is 7.72. The first-order chi connectivity index (χ1) is 15.8. The van der Waals surface area contributed by atoms with Crippen LogP contribution in [0, 0.1) is 18.3 Å². The van der Waals surface area contributed by atoms with E-state index in [4.69, 9.17) is 4.42 Å². The molecule has 5 aromatic rings.